The molecule has 10 N–H and O–H groups in total. The lowest BCUT2D eigenvalue weighted by Crippen LogP contribution is -2.46. The van der Waals surface area contributed by atoms with Gasteiger partial charge in [-0.25, -0.2) is 28.6 Å². The van der Waals surface area contributed by atoms with E-state index in [1.165, 1.54) is 19.9 Å². The lowest BCUT2D eigenvalue weighted by Gasteiger charge is -2.30. The van der Waals surface area contributed by atoms with Crippen LogP contribution in [0.5, 0.6) is 0 Å². The number of nitrogen functional groups attached to an aromatic ring is 1. The fourth-order valence-corrected chi connectivity index (χ4v) is 8.67. The number of ether oxygens (including phenoxy) is 1. The third-order valence-electron chi connectivity index (χ3n) is 7.59. The maximum atomic E-state index is 12.7. The van der Waals surface area contributed by atoms with Gasteiger partial charge >= 0.3 is 23.5 Å². The van der Waals surface area contributed by atoms with Crippen molar-refractivity contribution in [3.8, 4) is 0 Å². The number of nitrogens with one attached hydrogen (secondary N) is 2. The predicted molar refractivity (Wildman–Crippen MR) is 189 cm³/mol. The summed E-state index contributed by atoms with van der Waals surface area (Å²) in [5.41, 5.74) is 4.26. The van der Waals surface area contributed by atoms with Crippen LogP contribution in [-0.4, -0.2) is 129 Å². The highest BCUT2D eigenvalue weighted by Gasteiger charge is 2.50. The first-order valence-electron chi connectivity index (χ1n) is 15.7. The number of nitrogens with two attached hydrogens (primary N) is 1. The Morgan fingerprint density at radius 1 is 1.11 bits per heavy atom. The Hall–Kier alpha value is -2.70. The van der Waals surface area contributed by atoms with Crippen LogP contribution in [0.2, 0.25) is 0 Å². The fourth-order valence-electron chi connectivity index (χ4n) is 4.71. The Kier molecular flexibility index (Phi) is 16.0. The number of aromatic nitrogens is 4. The van der Waals surface area contributed by atoms with Crippen LogP contribution in [0.1, 0.15) is 32.9 Å². The van der Waals surface area contributed by atoms with Crippen LogP contribution >= 0.6 is 34.4 Å². The summed E-state index contributed by atoms with van der Waals surface area (Å²) < 4.78 is 62.0. The van der Waals surface area contributed by atoms with Crippen LogP contribution in [0.15, 0.2) is 25.3 Å². The molecule has 54 heavy (non-hydrogen) atoms. The number of aliphatic hydroxyl groups excluding tert-OH is 2. The lowest BCUT2D eigenvalue weighted by atomic mass is 9.87. The Morgan fingerprint density at radius 2 is 1.78 bits per heavy atom. The number of aliphatic hydroxyl groups is 2. The van der Waals surface area contributed by atoms with Crippen LogP contribution < -0.4 is 16.4 Å². The second-order valence-electron chi connectivity index (χ2n) is 12.4. The zero-order valence-corrected chi connectivity index (χ0v) is 32.7. The smallest absolute Gasteiger partial charge is 0.386 e. The zero-order chi connectivity index (χ0) is 40.6. The number of hydrogen-bond donors (Lipinski definition) is 10. The first kappa shape index (κ1) is 45.7. The predicted octanol–water partition coefficient (Wildman–Crippen LogP) is -0.861. The maximum Gasteiger partial charge on any atom is 0.481 e. The molecule has 28 heteroatoms. The van der Waals surface area contributed by atoms with Crippen LogP contribution in [0.3, 0.4) is 0 Å². The molecule has 0 spiro atoms. The van der Waals surface area contributed by atoms with Gasteiger partial charge in [-0.3, -0.25) is 32.5 Å². The third kappa shape index (κ3) is 13.2. The molecule has 4 unspecified atom stereocenters. The van der Waals surface area contributed by atoms with E-state index in [1.54, 1.807) is 6.26 Å². The van der Waals surface area contributed by atoms with Gasteiger partial charge < -0.3 is 50.9 Å². The van der Waals surface area contributed by atoms with Gasteiger partial charge in [0.15, 0.2) is 22.8 Å². The number of rotatable bonds is 21. The highest BCUT2D eigenvalue weighted by molar-refractivity contribution is 8.29. The van der Waals surface area contributed by atoms with E-state index in [0.29, 0.717) is 5.75 Å². The van der Waals surface area contributed by atoms with Gasteiger partial charge in [-0.1, -0.05) is 19.9 Å². The molecule has 24 nitrogen and oxygen atoms in total. The van der Waals surface area contributed by atoms with Gasteiger partial charge in [0.25, 0.3) is 0 Å². The second kappa shape index (κ2) is 19.0. The van der Waals surface area contributed by atoms with E-state index in [0.717, 1.165) is 17.2 Å². The summed E-state index contributed by atoms with van der Waals surface area (Å²) in [6.45, 7) is 4.06. The summed E-state index contributed by atoms with van der Waals surface area (Å²) in [5.74, 6) is -0.972. The number of anilines is 1. The molecule has 0 bridgehead atoms. The van der Waals surface area contributed by atoms with Crippen molar-refractivity contribution in [1.29, 1.82) is 0 Å². The molecule has 1 fully saturated rings. The molecule has 2 amide bonds. The number of phosphoric ester groups is 3. The molecule has 0 saturated carbocycles. The molecule has 1 saturated heterocycles. The highest BCUT2D eigenvalue weighted by atomic mass is 32.2. The van der Waals surface area contributed by atoms with Gasteiger partial charge in [-0.2, -0.15) is 15.2 Å². The van der Waals surface area contributed by atoms with E-state index in [9.17, 15) is 57.9 Å². The van der Waals surface area contributed by atoms with Gasteiger partial charge in [-0.15, -0.1) is 6.58 Å². The van der Waals surface area contributed by atoms with Gasteiger partial charge in [0.2, 0.25) is 11.8 Å². The minimum atomic E-state index is -5.57. The number of hydrogen-bond acceptors (Lipinski definition) is 17. The van der Waals surface area contributed by atoms with Crippen molar-refractivity contribution in [3.05, 3.63) is 25.3 Å². The number of carbonyl (C=O) groups is 3. The number of allylic oxidation sites excluding steroid dienone is 1. The molecule has 0 aliphatic carbocycles. The van der Waals surface area contributed by atoms with Crippen LogP contribution in [0.4, 0.5) is 5.82 Å². The number of nitrogens with zero attached hydrogens (tertiary/aromatic N) is 4. The molecular weight excluding hydrogens is 807 g/mol. The minimum Gasteiger partial charge on any atom is -0.386 e. The van der Waals surface area contributed by atoms with E-state index >= 15 is 0 Å². The van der Waals surface area contributed by atoms with Crippen molar-refractivity contribution < 1.29 is 80.5 Å². The molecule has 0 radical (unpaired) electrons. The minimum absolute atomic E-state index is 0.0303. The van der Waals surface area contributed by atoms with Gasteiger partial charge in [0.1, 0.15) is 36.3 Å². The fraction of sp³-hybridized carbons (Fsp3) is 0.615. The molecule has 0 aromatic carbocycles. The lowest BCUT2D eigenvalue weighted by molar-refractivity contribution is -0.137. The Labute approximate surface area is 310 Å². The normalized spacial score (nSPS) is 22.9. The summed E-state index contributed by atoms with van der Waals surface area (Å²) in [6.07, 6.45) is -3.35. The van der Waals surface area contributed by atoms with Crippen molar-refractivity contribution >= 4 is 68.3 Å². The molecule has 2 aromatic rings. The Bertz CT molecular complexity index is 1810. The molecule has 3 rings (SSSR count). The number of phosphoric acid groups is 3. The zero-order valence-electron chi connectivity index (χ0n) is 29.1. The quantitative estimate of drug-likeness (QED) is 0.0415. The summed E-state index contributed by atoms with van der Waals surface area (Å²) in [7, 11) is -17.3. The van der Waals surface area contributed by atoms with Crippen LogP contribution in [-0.2, 0) is 50.7 Å². The average molecular weight is 852 g/mol. The molecule has 2 aromatic heterocycles. The molecule has 3 heterocycles. The largest absolute Gasteiger partial charge is 0.481 e. The Morgan fingerprint density at radius 3 is 2.43 bits per heavy atom. The summed E-state index contributed by atoms with van der Waals surface area (Å²) in [5, 5.41) is 26.4. The van der Waals surface area contributed by atoms with Crippen molar-refractivity contribution in [2.24, 2.45) is 5.41 Å². The second-order valence-corrected chi connectivity index (χ2v) is 19.0. The monoisotopic (exact) mass is 851 g/mol. The Balaban J connectivity index is 1.52. The molecule has 306 valence electrons. The number of fused-ring (bicyclic) bond motifs is 1. The van der Waals surface area contributed by atoms with Crippen LogP contribution in [0.25, 0.3) is 11.2 Å². The van der Waals surface area contributed by atoms with Gasteiger partial charge in [-0.05, 0) is 12.0 Å². The highest BCUT2D eigenvalue weighted by Crippen LogP contribution is 2.61. The van der Waals surface area contributed by atoms with E-state index < -0.39 is 95.4 Å². The van der Waals surface area contributed by atoms with Gasteiger partial charge in [0, 0.05) is 31.3 Å². The summed E-state index contributed by atoms with van der Waals surface area (Å²) in [4.78, 5) is 87.3. The molecule has 8 atom stereocenters. The maximum absolute atomic E-state index is 12.7. The number of thiol groups is 1. The van der Waals surface area contributed by atoms with Crippen molar-refractivity contribution in [3.63, 3.8) is 0 Å². The average Bonchev–Trinajstić information content (AvgIpc) is 3.62. The first-order chi connectivity index (χ1) is 25.0. The van der Waals surface area contributed by atoms with E-state index in [1.807, 2.05) is 0 Å². The number of imidazole rings is 1. The van der Waals surface area contributed by atoms with Gasteiger partial charge in [0.05, 0.1) is 19.5 Å². The van der Waals surface area contributed by atoms with Crippen molar-refractivity contribution in [2.45, 2.75) is 57.3 Å². The standard InChI is InChI=1S/C26H44N7O17P3S/c1-5-6-17(35)54(4)10-9-28-16(34)7-8-29-24(38)21(37)26(2,3)12-47-53(44,45)50-52(42,43)46-11-15-20(49-51(39,40)41)19(36)25(48-15)33-14-32-18-22(27)30-13-31-23(18)33/h5,13-15,19-21,25,36-37,54H,1,6-12H2,2-4H3,(H,28,34)(H,29,38)(H,42,43)(H,44,45)(H2,27,30,31)(H2,39,40,41)/t15-,19-,20-,21?,25-/m1/s1. The molecular formula is C26H44N7O17P3S. The topological polar surface area (TPSA) is 364 Å². The van der Waals surface area contributed by atoms with Crippen molar-refractivity contribution in [2.75, 3.05) is 44.0 Å². The van der Waals surface area contributed by atoms with Crippen molar-refractivity contribution in [1.82, 2.24) is 30.2 Å². The summed E-state index contributed by atoms with van der Waals surface area (Å²) >= 11 is 0. The molecule has 1 aliphatic rings. The van der Waals surface area contributed by atoms with Crippen LogP contribution in [0, 0.1) is 5.41 Å². The first-order valence-corrected chi connectivity index (χ1v) is 22.2. The number of carbonyl (C=O) groups excluding carboxylic acids is 3. The SMILES string of the molecule is C=CCC(=O)[SH](C)CCNC(=O)CCNC(=O)C(O)C(C)(C)COP(=O)(O)OP(=O)(O)OC[C@H]1O[C@@H](n2cnc3c(N)ncnc32)[C@H](O)[C@@H]1OP(=O)(O)O. The van der Waals surface area contributed by atoms with E-state index in [4.69, 9.17) is 19.5 Å². The molecule has 1 aliphatic heterocycles. The number of amides is 2. The third-order valence-corrected chi connectivity index (χ3v) is 12.6. The summed E-state index contributed by atoms with van der Waals surface area (Å²) in [6, 6.07) is 0. The van der Waals surface area contributed by atoms with E-state index in [-0.39, 0.29) is 48.0 Å². The van der Waals surface area contributed by atoms with E-state index in [2.05, 4.69) is 41.0 Å².